The van der Waals surface area contributed by atoms with E-state index in [-0.39, 0.29) is 11.1 Å². The molecule has 1 rings (SSSR count). The molecule has 1 unspecified atom stereocenters. The zero-order valence-corrected chi connectivity index (χ0v) is 7.66. The lowest BCUT2D eigenvalue weighted by Crippen LogP contribution is -1.91. The molecule has 60 valence electrons. The van der Waals surface area contributed by atoms with E-state index >= 15 is 0 Å². The molecule has 0 fully saturated rings. The van der Waals surface area contributed by atoms with E-state index in [0.717, 1.165) is 5.56 Å². The van der Waals surface area contributed by atoms with Crippen LogP contribution in [0.4, 0.5) is 4.39 Å². The summed E-state index contributed by atoms with van der Waals surface area (Å²) in [7, 11) is 0. The molecular weight excluding hydrogens is 179 g/mol. The fourth-order valence-corrected chi connectivity index (χ4v) is 1.17. The Morgan fingerprint density at radius 3 is 2.27 bits per heavy atom. The normalized spacial score (nSPS) is 13.0. The highest BCUT2D eigenvalue weighted by Gasteiger charge is 2.02. The summed E-state index contributed by atoms with van der Waals surface area (Å²) in [6, 6.07) is 6.32. The first-order chi connectivity index (χ1) is 5.24. The predicted molar refractivity (Wildman–Crippen MR) is 52.0 cm³/mol. The van der Waals surface area contributed by atoms with Gasteiger partial charge < -0.3 is 0 Å². The second-order valence-corrected chi connectivity index (χ2v) is 3.24. The molecule has 0 saturated heterocycles. The highest BCUT2D eigenvalue weighted by Crippen LogP contribution is 2.20. The van der Waals surface area contributed by atoms with Crippen LogP contribution in [-0.4, -0.2) is 5.75 Å². The van der Waals surface area contributed by atoms with E-state index in [9.17, 15) is 4.39 Å². The van der Waals surface area contributed by atoms with Crippen LogP contribution in [0.15, 0.2) is 24.3 Å². The maximum Gasteiger partial charge on any atom is 0.123 e. The molecule has 1 aromatic rings. The van der Waals surface area contributed by atoms with Crippen LogP contribution in [0, 0.1) is 5.82 Å². The Kier molecular flexibility index (Phi) is 3.27. The van der Waals surface area contributed by atoms with Gasteiger partial charge in [-0.1, -0.05) is 12.1 Å². The van der Waals surface area contributed by atoms with Gasteiger partial charge in [-0.05, 0) is 17.7 Å². The van der Waals surface area contributed by atoms with Crippen molar-refractivity contribution < 1.29 is 4.39 Å². The molecule has 0 aliphatic carbocycles. The molecule has 0 nitrogen and oxygen atoms in total. The number of thiol groups is 2. The van der Waals surface area contributed by atoms with Crippen molar-refractivity contribution >= 4 is 25.3 Å². The first kappa shape index (κ1) is 8.94. The Labute approximate surface area is 76.6 Å². The molecule has 1 atom stereocenters. The van der Waals surface area contributed by atoms with Gasteiger partial charge in [-0.25, -0.2) is 4.39 Å². The van der Waals surface area contributed by atoms with Gasteiger partial charge in [-0.2, -0.15) is 25.3 Å². The summed E-state index contributed by atoms with van der Waals surface area (Å²) in [4.78, 5) is 0. The average molecular weight is 188 g/mol. The number of benzene rings is 1. The van der Waals surface area contributed by atoms with Gasteiger partial charge >= 0.3 is 0 Å². The number of halogens is 1. The van der Waals surface area contributed by atoms with E-state index in [4.69, 9.17) is 0 Å². The zero-order valence-electron chi connectivity index (χ0n) is 5.87. The summed E-state index contributed by atoms with van der Waals surface area (Å²) in [5.41, 5.74) is 1.00. The van der Waals surface area contributed by atoms with E-state index in [0.29, 0.717) is 5.75 Å². The van der Waals surface area contributed by atoms with Crippen molar-refractivity contribution in [3.8, 4) is 0 Å². The minimum Gasteiger partial charge on any atom is -0.207 e. The molecule has 0 N–H and O–H groups in total. The van der Waals surface area contributed by atoms with Gasteiger partial charge in [0.2, 0.25) is 0 Å². The van der Waals surface area contributed by atoms with Gasteiger partial charge in [0.15, 0.2) is 0 Å². The van der Waals surface area contributed by atoms with Crippen LogP contribution in [0.5, 0.6) is 0 Å². The van der Waals surface area contributed by atoms with Gasteiger partial charge in [0.05, 0.1) is 0 Å². The Bertz CT molecular complexity index is 220. The maximum absolute atomic E-state index is 12.4. The van der Waals surface area contributed by atoms with Crippen LogP contribution >= 0.6 is 25.3 Å². The van der Waals surface area contributed by atoms with E-state index in [1.165, 1.54) is 12.1 Å². The molecule has 1 aromatic carbocycles. The van der Waals surface area contributed by atoms with Crippen molar-refractivity contribution in [3.05, 3.63) is 35.6 Å². The lowest BCUT2D eigenvalue weighted by molar-refractivity contribution is 0.627. The first-order valence-electron chi connectivity index (χ1n) is 3.28. The van der Waals surface area contributed by atoms with Crippen LogP contribution in [-0.2, 0) is 0 Å². The van der Waals surface area contributed by atoms with Gasteiger partial charge in [0, 0.05) is 11.0 Å². The molecule has 0 aliphatic heterocycles. The monoisotopic (exact) mass is 188 g/mol. The topological polar surface area (TPSA) is 0 Å². The summed E-state index contributed by atoms with van der Waals surface area (Å²) in [5.74, 6) is 0.447. The third kappa shape index (κ3) is 2.42. The lowest BCUT2D eigenvalue weighted by atomic mass is 10.2. The quantitative estimate of drug-likeness (QED) is 0.655. The van der Waals surface area contributed by atoms with Crippen LogP contribution in [0.3, 0.4) is 0 Å². The van der Waals surface area contributed by atoms with E-state index in [2.05, 4.69) is 25.3 Å². The minimum atomic E-state index is -0.214. The molecule has 0 aliphatic rings. The van der Waals surface area contributed by atoms with Crippen LogP contribution in [0.25, 0.3) is 0 Å². The predicted octanol–water partition coefficient (Wildman–Crippen LogP) is 2.73. The van der Waals surface area contributed by atoms with E-state index in [1.807, 2.05) is 0 Å². The van der Waals surface area contributed by atoms with Gasteiger partial charge in [0.25, 0.3) is 0 Å². The average Bonchev–Trinajstić information content (AvgIpc) is 2.05. The second-order valence-electron chi connectivity index (χ2n) is 2.25. The van der Waals surface area contributed by atoms with Gasteiger partial charge in [-0.15, -0.1) is 0 Å². The summed E-state index contributed by atoms with van der Waals surface area (Å²) in [6.07, 6.45) is 0. The first-order valence-corrected chi connectivity index (χ1v) is 4.43. The van der Waals surface area contributed by atoms with E-state index in [1.54, 1.807) is 12.1 Å². The number of hydrogen-bond donors (Lipinski definition) is 2. The van der Waals surface area contributed by atoms with Gasteiger partial charge in [0.1, 0.15) is 5.82 Å². The summed E-state index contributed by atoms with van der Waals surface area (Å²) in [5, 5.41) is 0.0962. The van der Waals surface area contributed by atoms with Crippen molar-refractivity contribution in [2.24, 2.45) is 0 Å². The molecule has 0 saturated carbocycles. The fraction of sp³-hybridized carbons (Fsp3) is 0.250. The lowest BCUT2D eigenvalue weighted by Gasteiger charge is -2.05. The standard InChI is InChI=1S/C8H9FS2/c9-7-3-1-6(2-4-7)8(11)5-10/h1-4,8,10-11H,5H2. The third-order valence-electron chi connectivity index (χ3n) is 1.43. The van der Waals surface area contributed by atoms with Crippen molar-refractivity contribution in [2.75, 3.05) is 5.75 Å². The molecule has 0 amide bonds. The Hall–Kier alpha value is -0.150. The summed E-state index contributed by atoms with van der Waals surface area (Å²) in [6.45, 7) is 0. The van der Waals surface area contributed by atoms with Gasteiger partial charge in [-0.3, -0.25) is 0 Å². The molecule has 3 heteroatoms. The molecule has 0 radical (unpaired) electrons. The van der Waals surface area contributed by atoms with Crippen molar-refractivity contribution in [1.29, 1.82) is 0 Å². The molecular formula is C8H9FS2. The fourth-order valence-electron chi connectivity index (χ4n) is 0.790. The number of rotatable bonds is 2. The highest BCUT2D eigenvalue weighted by atomic mass is 32.1. The van der Waals surface area contributed by atoms with Crippen LogP contribution < -0.4 is 0 Å². The molecule has 0 bridgehead atoms. The largest absolute Gasteiger partial charge is 0.207 e. The Balaban J connectivity index is 2.81. The van der Waals surface area contributed by atoms with Crippen LogP contribution in [0.1, 0.15) is 10.8 Å². The van der Waals surface area contributed by atoms with Crippen molar-refractivity contribution in [1.82, 2.24) is 0 Å². The molecule has 0 heterocycles. The Morgan fingerprint density at radius 2 is 1.82 bits per heavy atom. The van der Waals surface area contributed by atoms with Crippen LogP contribution in [0.2, 0.25) is 0 Å². The molecule has 11 heavy (non-hydrogen) atoms. The molecule has 0 spiro atoms. The summed E-state index contributed by atoms with van der Waals surface area (Å²) < 4.78 is 12.4. The number of hydrogen-bond acceptors (Lipinski definition) is 2. The summed E-state index contributed by atoms with van der Waals surface area (Å²) >= 11 is 8.34. The van der Waals surface area contributed by atoms with Crippen molar-refractivity contribution in [2.45, 2.75) is 5.25 Å². The zero-order chi connectivity index (χ0) is 8.27. The SMILES string of the molecule is Fc1ccc(C(S)CS)cc1. The highest BCUT2D eigenvalue weighted by molar-refractivity contribution is 7.84. The second kappa shape index (κ2) is 4.02. The van der Waals surface area contributed by atoms with E-state index < -0.39 is 0 Å². The third-order valence-corrected chi connectivity index (χ3v) is 2.56. The molecule has 0 aromatic heterocycles. The maximum atomic E-state index is 12.4. The minimum absolute atomic E-state index is 0.0962. The van der Waals surface area contributed by atoms with Crippen molar-refractivity contribution in [3.63, 3.8) is 0 Å². The smallest absolute Gasteiger partial charge is 0.123 e. The Morgan fingerprint density at radius 1 is 1.27 bits per heavy atom.